The molecule has 188 valence electrons. The predicted octanol–water partition coefficient (Wildman–Crippen LogP) is 5.70. The van der Waals surface area contributed by atoms with E-state index in [1.54, 1.807) is 18.2 Å². The number of hydrogen-bond donors (Lipinski definition) is 1. The Kier molecular flexibility index (Phi) is 6.16. The molecule has 1 fully saturated rings. The van der Waals surface area contributed by atoms with Gasteiger partial charge in [-0.15, -0.1) is 0 Å². The minimum Gasteiger partial charge on any atom is -0.507 e. The monoisotopic (exact) mass is 518 g/mol. The molecule has 0 saturated carbocycles. The normalized spacial score (nSPS) is 17.0. The fourth-order valence-electron chi connectivity index (χ4n) is 4.68. The Labute approximate surface area is 216 Å². The van der Waals surface area contributed by atoms with Crippen LogP contribution < -0.4 is 14.4 Å². The lowest BCUT2D eigenvalue weighted by Crippen LogP contribution is -2.29. The van der Waals surface area contributed by atoms with E-state index in [2.05, 4.69) is 0 Å². The average Bonchev–Trinajstić information content (AvgIpc) is 3.42. The highest BCUT2D eigenvalue weighted by Gasteiger charge is 2.49. The number of benzene rings is 3. The summed E-state index contributed by atoms with van der Waals surface area (Å²) in [6, 6.07) is 13.0. The Morgan fingerprint density at radius 2 is 1.78 bits per heavy atom. The van der Waals surface area contributed by atoms with E-state index >= 15 is 0 Å². The van der Waals surface area contributed by atoms with Gasteiger partial charge in [-0.1, -0.05) is 29.5 Å². The van der Waals surface area contributed by atoms with Crippen LogP contribution in [0.4, 0.5) is 9.52 Å². The van der Waals surface area contributed by atoms with Gasteiger partial charge in [-0.3, -0.25) is 14.5 Å². The topological polar surface area (TPSA) is 89.0 Å². The number of thiazole rings is 1. The SMILES string of the molecule is COc1cccc(C2/C(=C(\O)c3ccc(F)cc3)C(=O)C(=O)N2c2nc3c(C)cc(C)cc3s2)c1OC. The number of methoxy groups -OCH3 is 2. The summed E-state index contributed by atoms with van der Waals surface area (Å²) in [5, 5.41) is 11.6. The molecular formula is C28H23FN2O5S. The summed E-state index contributed by atoms with van der Waals surface area (Å²) in [6.07, 6.45) is 0. The second-order valence-electron chi connectivity index (χ2n) is 8.68. The van der Waals surface area contributed by atoms with Crippen LogP contribution in [0.5, 0.6) is 11.5 Å². The van der Waals surface area contributed by atoms with E-state index in [0.29, 0.717) is 22.2 Å². The number of carbonyl (C=O) groups is 2. The van der Waals surface area contributed by atoms with Gasteiger partial charge in [0.2, 0.25) is 0 Å². The second-order valence-corrected chi connectivity index (χ2v) is 9.69. The van der Waals surface area contributed by atoms with Gasteiger partial charge in [-0.2, -0.15) is 0 Å². The highest BCUT2D eigenvalue weighted by atomic mass is 32.1. The van der Waals surface area contributed by atoms with E-state index in [4.69, 9.17) is 14.5 Å². The summed E-state index contributed by atoms with van der Waals surface area (Å²) in [6.45, 7) is 3.91. The molecule has 0 radical (unpaired) electrons. The van der Waals surface area contributed by atoms with Crippen LogP contribution in [0.1, 0.15) is 28.3 Å². The third-order valence-electron chi connectivity index (χ3n) is 6.31. The first-order chi connectivity index (χ1) is 17.7. The van der Waals surface area contributed by atoms with Gasteiger partial charge in [0.25, 0.3) is 5.78 Å². The van der Waals surface area contributed by atoms with Crippen molar-refractivity contribution in [2.24, 2.45) is 0 Å². The number of anilines is 1. The van der Waals surface area contributed by atoms with Gasteiger partial charge in [0.15, 0.2) is 16.6 Å². The summed E-state index contributed by atoms with van der Waals surface area (Å²) < 4.78 is 25.5. The quantitative estimate of drug-likeness (QED) is 0.207. The fraction of sp³-hybridized carbons (Fsp3) is 0.179. The third-order valence-corrected chi connectivity index (χ3v) is 7.32. The van der Waals surface area contributed by atoms with Gasteiger partial charge in [0.05, 0.1) is 30.0 Å². The molecule has 37 heavy (non-hydrogen) atoms. The first-order valence-corrected chi connectivity index (χ1v) is 12.2. The molecule has 9 heteroatoms. The zero-order valence-corrected chi connectivity index (χ0v) is 21.4. The standard InChI is InChI=1S/C28H23FN2O5S/c1-14-12-15(2)22-20(13-14)37-28(30-22)31-23(18-6-5-7-19(35-3)26(18)36-4)21(25(33)27(31)34)24(32)16-8-10-17(29)11-9-16/h5-13,23,32H,1-4H3/b24-21+. The van der Waals surface area contributed by atoms with Crippen LogP contribution >= 0.6 is 11.3 Å². The van der Waals surface area contributed by atoms with Crippen molar-refractivity contribution in [1.82, 2.24) is 4.98 Å². The average molecular weight is 519 g/mol. The van der Waals surface area contributed by atoms with Gasteiger partial charge in [-0.25, -0.2) is 9.37 Å². The molecule has 3 aromatic carbocycles. The number of hydrogen-bond acceptors (Lipinski definition) is 7. The molecule has 1 aliphatic heterocycles. The van der Waals surface area contributed by atoms with Crippen molar-refractivity contribution >= 4 is 44.1 Å². The number of aromatic nitrogens is 1. The molecule has 1 aromatic heterocycles. The van der Waals surface area contributed by atoms with E-state index in [1.165, 1.54) is 54.7 Å². The number of aliphatic hydroxyl groups excluding tert-OH is 1. The highest BCUT2D eigenvalue weighted by Crippen LogP contribution is 2.48. The third kappa shape index (κ3) is 4.01. The first kappa shape index (κ1) is 24.5. The lowest BCUT2D eigenvalue weighted by atomic mass is 9.94. The Morgan fingerprint density at radius 3 is 2.46 bits per heavy atom. The number of ketones is 1. The molecule has 1 aliphatic rings. The molecule has 1 N–H and O–H groups in total. The minimum absolute atomic E-state index is 0.157. The molecule has 1 amide bonds. The lowest BCUT2D eigenvalue weighted by Gasteiger charge is -2.25. The molecule has 1 atom stereocenters. The Hall–Kier alpha value is -4.24. The molecule has 2 heterocycles. The van der Waals surface area contributed by atoms with E-state index < -0.39 is 29.3 Å². The van der Waals surface area contributed by atoms with Gasteiger partial charge < -0.3 is 14.6 Å². The molecule has 0 aliphatic carbocycles. The van der Waals surface area contributed by atoms with Crippen molar-refractivity contribution in [1.29, 1.82) is 0 Å². The van der Waals surface area contributed by atoms with Crippen LogP contribution in [0.3, 0.4) is 0 Å². The van der Waals surface area contributed by atoms with Crippen LogP contribution in [-0.2, 0) is 9.59 Å². The summed E-state index contributed by atoms with van der Waals surface area (Å²) in [7, 11) is 2.94. The number of halogens is 1. The smallest absolute Gasteiger partial charge is 0.301 e. The Morgan fingerprint density at radius 1 is 1.05 bits per heavy atom. The summed E-state index contributed by atoms with van der Waals surface area (Å²) in [4.78, 5) is 33.0. The molecule has 1 saturated heterocycles. The van der Waals surface area contributed by atoms with Crippen LogP contribution in [0.25, 0.3) is 16.0 Å². The van der Waals surface area contributed by atoms with Crippen LogP contribution in [0.15, 0.2) is 60.2 Å². The number of Topliss-reactive ketones (excluding diaryl/α,β-unsaturated/α-hetero) is 1. The van der Waals surface area contributed by atoms with Crippen molar-refractivity contribution in [3.05, 3.63) is 88.2 Å². The van der Waals surface area contributed by atoms with E-state index in [1.807, 2.05) is 26.0 Å². The van der Waals surface area contributed by atoms with Gasteiger partial charge in [0, 0.05) is 11.1 Å². The zero-order chi connectivity index (χ0) is 26.4. The number of fused-ring (bicyclic) bond motifs is 1. The summed E-state index contributed by atoms with van der Waals surface area (Å²) >= 11 is 1.28. The van der Waals surface area contributed by atoms with Gasteiger partial charge >= 0.3 is 5.91 Å². The molecule has 5 rings (SSSR count). The van der Waals surface area contributed by atoms with Crippen molar-refractivity contribution in [2.75, 3.05) is 19.1 Å². The predicted molar refractivity (Wildman–Crippen MR) is 140 cm³/mol. The number of para-hydroxylation sites is 1. The van der Waals surface area contributed by atoms with Crippen molar-refractivity contribution in [3.8, 4) is 11.5 Å². The Balaban J connectivity index is 1.80. The van der Waals surface area contributed by atoms with Gasteiger partial charge in [0.1, 0.15) is 17.6 Å². The molecule has 0 bridgehead atoms. The maximum Gasteiger partial charge on any atom is 0.301 e. The molecular weight excluding hydrogens is 495 g/mol. The highest BCUT2D eigenvalue weighted by molar-refractivity contribution is 7.22. The van der Waals surface area contributed by atoms with Crippen molar-refractivity contribution < 1.29 is 28.6 Å². The fourth-order valence-corrected chi connectivity index (χ4v) is 5.84. The zero-order valence-electron chi connectivity index (χ0n) is 20.5. The van der Waals surface area contributed by atoms with Crippen LogP contribution in [-0.4, -0.2) is 36.0 Å². The molecule has 4 aromatic rings. The summed E-state index contributed by atoms with van der Waals surface area (Å²) in [5.41, 5.74) is 3.18. The van der Waals surface area contributed by atoms with E-state index in [0.717, 1.165) is 21.3 Å². The van der Waals surface area contributed by atoms with Crippen molar-refractivity contribution in [2.45, 2.75) is 19.9 Å². The number of carbonyl (C=O) groups excluding carboxylic acids is 2. The number of ether oxygens (including phenoxy) is 2. The largest absolute Gasteiger partial charge is 0.507 e. The Bertz CT molecular complexity index is 1590. The molecule has 7 nitrogen and oxygen atoms in total. The van der Waals surface area contributed by atoms with E-state index in [-0.39, 0.29) is 11.1 Å². The first-order valence-electron chi connectivity index (χ1n) is 11.4. The number of rotatable bonds is 5. The number of amides is 1. The maximum absolute atomic E-state index is 13.6. The second kappa shape index (κ2) is 9.33. The van der Waals surface area contributed by atoms with E-state index in [9.17, 15) is 19.1 Å². The van der Waals surface area contributed by atoms with Crippen LogP contribution in [0.2, 0.25) is 0 Å². The van der Waals surface area contributed by atoms with Crippen molar-refractivity contribution in [3.63, 3.8) is 0 Å². The lowest BCUT2D eigenvalue weighted by molar-refractivity contribution is -0.132. The van der Waals surface area contributed by atoms with Crippen LogP contribution in [0, 0.1) is 19.7 Å². The number of nitrogens with zero attached hydrogens (tertiary/aromatic N) is 2. The number of aryl methyl sites for hydroxylation is 2. The molecule has 1 unspecified atom stereocenters. The maximum atomic E-state index is 13.6. The summed E-state index contributed by atoms with van der Waals surface area (Å²) in [5.74, 6) is -1.95. The van der Waals surface area contributed by atoms with Gasteiger partial charge in [-0.05, 0) is 61.4 Å². The molecule has 0 spiro atoms. The number of aliphatic hydroxyl groups is 1. The minimum atomic E-state index is -1.07.